The molecule has 0 amide bonds. The van der Waals surface area contributed by atoms with Gasteiger partial charge in [-0.1, -0.05) is 63.7 Å². The Morgan fingerprint density at radius 2 is 1.00 bits per heavy atom. The minimum atomic E-state index is -4.29. The number of phosphoric acid groups is 1. The first kappa shape index (κ1) is 27.0. The Bertz CT molecular complexity index is 358. The summed E-state index contributed by atoms with van der Waals surface area (Å²) < 4.78 is 22.6. The summed E-state index contributed by atoms with van der Waals surface area (Å²) in [7, 11) is -4.29. The van der Waals surface area contributed by atoms with Gasteiger partial charge in [-0.15, -0.1) is 0 Å². The predicted octanol–water partition coefficient (Wildman–Crippen LogP) is 4.22. The highest BCUT2D eigenvalue weighted by Crippen LogP contribution is 2.48. The van der Waals surface area contributed by atoms with E-state index in [1.807, 2.05) is 0 Å². The first-order valence-electron chi connectivity index (χ1n) is 7.86. The number of aliphatic hydroxyl groups is 2. The molecule has 0 aliphatic rings. The van der Waals surface area contributed by atoms with Gasteiger partial charge >= 0.3 is 7.82 Å². The maximum absolute atomic E-state index is 12.3. The molecule has 0 radical (unpaired) electrons. The van der Waals surface area contributed by atoms with E-state index < -0.39 is 18.7 Å². The van der Waals surface area contributed by atoms with E-state index in [1.165, 1.54) is 0 Å². The van der Waals surface area contributed by atoms with Crippen molar-refractivity contribution in [2.24, 2.45) is 10.8 Å². The molecule has 0 fully saturated rings. The molecule has 0 atom stereocenters. The van der Waals surface area contributed by atoms with E-state index in [4.69, 9.17) is 9.05 Å². The molecule has 11 heteroatoms. The minimum absolute atomic E-state index is 0.0858. The summed E-state index contributed by atoms with van der Waals surface area (Å²) in [4.78, 5) is 10.0. The lowest BCUT2D eigenvalue weighted by Gasteiger charge is -2.33. The van der Waals surface area contributed by atoms with Crippen LogP contribution in [-0.2, 0) is 13.6 Å². The average Bonchev–Trinajstić information content (AvgIpc) is 2.58. The summed E-state index contributed by atoms with van der Waals surface area (Å²) in [5, 5.41) is 22.0. The van der Waals surface area contributed by atoms with E-state index in [1.54, 1.807) is 0 Å². The summed E-state index contributed by atoms with van der Waals surface area (Å²) in [6.45, 7) is -0.481. The fraction of sp³-hybridized carbons (Fsp3) is 1.00. The molecule has 0 saturated heterocycles. The van der Waals surface area contributed by atoms with Crippen LogP contribution in [0.15, 0.2) is 0 Å². The second kappa shape index (κ2) is 14.0. The molecular weight excluding hydrogens is 615 g/mol. The molecular formula is C14H27Br4O6P. The SMILES string of the molecule is O=P(O)(OCC(CO)(CCBr)CCBr)OCC(CO)(CCBr)CCBr. The zero-order valence-electron chi connectivity index (χ0n) is 14.0. The van der Waals surface area contributed by atoms with Crippen LogP contribution in [0.5, 0.6) is 0 Å². The highest BCUT2D eigenvalue weighted by atomic mass is 79.9. The van der Waals surface area contributed by atoms with Crippen molar-refractivity contribution in [1.82, 2.24) is 0 Å². The smallest absolute Gasteiger partial charge is 0.396 e. The molecule has 0 spiro atoms. The molecule has 0 aromatic carbocycles. The Kier molecular flexibility index (Phi) is 15.1. The van der Waals surface area contributed by atoms with Crippen LogP contribution in [0, 0.1) is 10.8 Å². The Morgan fingerprint density at radius 3 is 1.20 bits per heavy atom. The van der Waals surface area contributed by atoms with Crippen molar-refractivity contribution < 1.29 is 28.7 Å². The third-order valence-corrected chi connectivity index (χ3v) is 6.73. The average molecular weight is 642 g/mol. The maximum Gasteiger partial charge on any atom is 0.472 e. The topological polar surface area (TPSA) is 96.2 Å². The first-order chi connectivity index (χ1) is 11.8. The third kappa shape index (κ3) is 10.3. The molecule has 152 valence electrons. The van der Waals surface area contributed by atoms with E-state index >= 15 is 0 Å². The van der Waals surface area contributed by atoms with Crippen molar-refractivity contribution in [2.45, 2.75) is 25.7 Å². The summed E-state index contributed by atoms with van der Waals surface area (Å²) >= 11 is 13.3. The molecule has 0 saturated carbocycles. The summed E-state index contributed by atoms with van der Waals surface area (Å²) in [5.74, 6) is 0. The van der Waals surface area contributed by atoms with Crippen molar-refractivity contribution in [3.63, 3.8) is 0 Å². The lowest BCUT2D eigenvalue weighted by atomic mass is 9.84. The molecule has 0 aromatic heterocycles. The highest BCUT2D eigenvalue weighted by molar-refractivity contribution is 9.09. The van der Waals surface area contributed by atoms with Crippen LogP contribution >= 0.6 is 71.5 Å². The van der Waals surface area contributed by atoms with Crippen molar-refractivity contribution >= 4 is 71.5 Å². The van der Waals surface area contributed by atoms with Gasteiger partial charge in [0, 0.05) is 32.2 Å². The van der Waals surface area contributed by atoms with Gasteiger partial charge in [0.25, 0.3) is 0 Å². The summed E-state index contributed by atoms with van der Waals surface area (Å²) in [6, 6.07) is 0. The van der Waals surface area contributed by atoms with E-state index in [9.17, 15) is 19.7 Å². The van der Waals surface area contributed by atoms with Crippen LogP contribution in [0.25, 0.3) is 0 Å². The number of hydrogen-bond donors (Lipinski definition) is 3. The number of aliphatic hydroxyl groups excluding tert-OH is 2. The van der Waals surface area contributed by atoms with E-state index in [-0.39, 0.29) is 26.4 Å². The fourth-order valence-corrected chi connectivity index (χ4v) is 6.54. The Labute approximate surface area is 183 Å². The van der Waals surface area contributed by atoms with Gasteiger partial charge in [-0.05, 0) is 25.7 Å². The van der Waals surface area contributed by atoms with Crippen LogP contribution in [-0.4, -0.2) is 62.9 Å². The van der Waals surface area contributed by atoms with Crippen molar-refractivity contribution in [3.8, 4) is 0 Å². The van der Waals surface area contributed by atoms with Gasteiger partial charge in [0.05, 0.1) is 26.4 Å². The Hall–Kier alpha value is 1.95. The fourth-order valence-electron chi connectivity index (χ4n) is 2.22. The van der Waals surface area contributed by atoms with E-state index in [0.717, 1.165) is 0 Å². The molecule has 0 rings (SSSR count). The van der Waals surface area contributed by atoms with Gasteiger partial charge < -0.3 is 15.1 Å². The van der Waals surface area contributed by atoms with Crippen molar-refractivity contribution in [1.29, 1.82) is 0 Å². The predicted molar refractivity (Wildman–Crippen MR) is 114 cm³/mol. The molecule has 0 aliphatic heterocycles. The summed E-state index contributed by atoms with van der Waals surface area (Å²) in [6.07, 6.45) is 2.40. The van der Waals surface area contributed by atoms with Gasteiger partial charge in [0.1, 0.15) is 0 Å². The van der Waals surface area contributed by atoms with Crippen molar-refractivity contribution in [2.75, 3.05) is 47.7 Å². The number of halogens is 4. The van der Waals surface area contributed by atoms with Gasteiger partial charge in [-0.3, -0.25) is 9.05 Å². The van der Waals surface area contributed by atoms with E-state index in [0.29, 0.717) is 47.0 Å². The Morgan fingerprint density at radius 1 is 0.720 bits per heavy atom. The van der Waals surface area contributed by atoms with Gasteiger partial charge in [0.2, 0.25) is 0 Å². The monoisotopic (exact) mass is 638 g/mol. The van der Waals surface area contributed by atoms with Gasteiger partial charge in [0.15, 0.2) is 0 Å². The van der Waals surface area contributed by atoms with Crippen LogP contribution in [0.1, 0.15) is 25.7 Å². The third-order valence-electron chi connectivity index (χ3n) is 4.24. The molecule has 6 nitrogen and oxygen atoms in total. The van der Waals surface area contributed by atoms with Gasteiger partial charge in [-0.25, -0.2) is 4.57 Å². The first-order valence-corrected chi connectivity index (χ1v) is 13.8. The maximum atomic E-state index is 12.3. The van der Waals surface area contributed by atoms with Gasteiger partial charge in [-0.2, -0.15) is 0 Å². The molecule has 0 aliphatic carbocycles. The molecule has 0 heterocycles. The number of phosphoric ester groups is 1. The lowest BCUT2D eigenvalue weighted by molar-refractivity contribution is 0.0148. The minimum Gasteiger partial charge on any atom is -0.396 e. The van der Waals surface area contributed by atoms with Crippen LogP contribution in [0.2, 0.25) is 0 Å². The van der Waals surface area contributed by atoms with Crippen LogP contribution < -0.4 is 0 Å². The molecule has 3 N–H and O–H groups in total. The highest BCUT2D eigenvalue weighted by Gasteiger charge is 2.36. The molecule has 0 unspecified atom stereocenters. The Balaban J connectivity index is 4.87. The quantitative estimate of drug-likeness (QED) is 0.173. The molecule has 25 heavy (non-hydrogen) atoms. The largest absolute Gasteiger partial charge is 0.472 e. The summed E-state index contributed by atoms with van der Waals surface area (Å²) in [5.41, 5.74) is -1.23. The number of hydrogen-bond acceptors (Lipinski definition) is 5. The zero-order valence-corrected chi connectivity index (χ0v) is 21.2. The molecule has 0 aromatic rings. The van der Waals surface area contributed by atoms with E-state index in [2.05, 4.69) is 63.7 Å². The lowest BCUT2D eigenvalue weighted by Crippen LogP contribution is -2.33. The number of alkyl halides is 4. The van der Waals surface area contributed by atoms with Crippen LogP contribution in [0.3, 0.4) is 0 Å². The number of rotatable bonds is 16. The van der Waals surface area contributed by atoms with Crippen LogP contribution in [0.4, 0.5) is 0 Å². The second-order valence-corrected chi connectivity index (χ2v) is 10.7. The standard InChI is InChI=1S/C14H27Br4O6P/c15-5-1-13(9-19,2-6-16)11-23-25(21,22)24-12-14(10-20,3-7-17)4-8-18/h19-20H,1-12H2,(H,21,22). The second-order valence-electron chi connectivity index (χ2n) is 6.09. The zero-order chi connectivity index (χ0) is 19.4. The van der Waals surface area contributed by atoms with Crippen molar-refractivity contribution in [3.05, 3.63) is 0 Å². The molecule has 0 bridgehead atoms. The normalized spacial score (nSPS) is 13.4.